The summed E-state index contributed by atoms with van der Waals surface area (Å²) in [6.45, 7) is 10.4. The van der Waals surface area contributed by atoms with Crippen LogP contribution in [0, 0.1) is 11.8 Å². The molecule has 0 spiro atoms. The molecule has 130 valence electrons. The molecule has 0 aromatic heterocycles. The molecule has 0 aliphatic heterocycles. The molecule has 1 aromatic carbocycles. The van der Waals surface area contributed by atoms with Crippen LogP contribution >= 0.6 is 0 Å². The number of carbonyl (C=O) groups excluding carboxylic acids is 1. The van der Waals surface area contributed by atoms with Crippen molar-refractivity contribution in [1.29, 1.82) is 0 Å². The Morgan fingerprint density at radius 3 is 2.22 bits per heavy atom. The zero-order valence-electron chi connectivity index (χ0n) is 15.3. The maximum Gasteiger partial charge on any atom is 0.223 e. The number of benzene rings is 1. The number of rotatable bonds is 11. The van der Waals surface area contributed by atoms with Gasteiger partial charge in [0, 0.05) is 18.5 Å². The van der Waals surface area contributed by atoms with Gasteiger partial charge in [-0.15, -0.1) is 0 Å². The highest BCUT2D eigenvalue weighted by atomic mass is 16.1. The highest BCUT2D eigenvalue weighted by Crippen LogP contribution is 2.17. The molecule has 0 aliphatic carbocycles. The molecule has 0 heterocycles. The molecule has 0 unspecified atom stereocenters. The topological polar surface area (TPSA) is 41.1 Å². The second kappa shape index (κ2) is 11.2. The molecule has 23 heavy (non-hydrogen) atoms. The first kappa shape index (κ1) is 19.7. The minimum atomic E-state index is 0.0556. The zero-order valence-corrected chi connectivity index (χ0v) is 15.3. The number of nitrogens with one attached hydrogen (secondary N) is 2. The van der Waals surface area contributed by atoms with Crippen molar-refractivity contribution >= 4 is 5.91 Å². The molecule has 1 atom stereocenters. The average molecular weight is 319 g/mol. The van der Waals surface area contributed by atoms with Crippen LogP contribution in [0.4, 0.5) is 0 Å². The Balaban J connectivity index is 2.27. The quantitative estimate of drug-likeness (QED) is 0.610. The van der Waals surface area contributed by atoms with Gasteiger partial charge in [-0.05, 0) is 37.3 Å². The van der Waals surface area contributed by atoms with Crippen LogP contribution in [0.25, 0.3) is 0 Å². The first-order chi connectivity index (χ1) is 11.0. The summed E-state index contributed by atoms with van der Waals surface area (Å²) in [5, 5.41) is 6.54. The van der Waals surface area contributed by atoms with Gasteiger partial charge in [-0.25, -0.2) is 0 Å². The fraction of sp³-hybridized carbons (Fsp3) is 0.650. The van der Waals surface area contributed by atoms with Gasteiger partial charge in [0.1, 0.15) is 0 Å². The fourth-order valence-corrected chi connectivity index (χ4v) is 2.66. The molecular formula is C20H34N2O. The predicted molar refractivity (Wildman–Crippen MR) is 98.5 cm³/mol. The SMILES string of the molecule is CC(C)NCCCCCNC(=O)[C@@H](Cc1ccccc1)C(C)C. The number of hydrogen-bond acceptors (Lipinski definition) is 2. The van der Waals surface area contributed by atoms with E-state index in [1.165, 1.54) is 12.0 Å². The Labute approximate surface area is 142 Å². The molecule has 3 heteroatoms. The van der Waals surface area contributed by atoms with Gasteiger partial charge >= 0.3 is 0 Å². The lowest BCUT2D eigenvalue weighted by molar-refractivity contribution is -0.126. The summed E-state index contributed by atoms with van der Waals surface area (Å²) in [6, 6.07) is 10.8. The van der Waals surface area contributed by atoms with E-state index in [4.69, 9.17) is 0 Å². The largest absolute Gasteiger partial charge is 0.356 e. The Bertz CT molecular complexity index is 429. The molecule has 0 radical (unpaired) electrons. The molecule has 1 amide bonds. The average Bonchev–Trinajstić information content (AvgIpc) is 2.52. The molecule has 1 aromatic rings. The van der Waals surface area contributed by atoms with Crippen molar-refractivity contribution in [2.24, 2.45) is 11.8 Å². The molecule has 0 saturated heterocycles. The Morgan fingerprint density at radius 1 is 0.957 bits per heavy atom. The Morgan fingerprint density at radius 2 is 1.61 bits per heavy atom. The molecule has 1 rings (SSSR count). The van der Waals surface area contributed by atoms with Crippen molar-refractivity contribution in [1.82, 2.24) is 10.6 Å². The lowest BCUT2D eigenvalue weighted by atomic mass is 9.88. The third kappa shape index (κ3) is 8.75. The third-order valence-corrected chi connectivity index (χ3v) is 4.15. The normalized spacial score (nSPS) is 12.6. The minimum Gasteiger partial charge on any atom is -0.356 e. The summed E-state index contributed by atoms with van der Waals surface area (Å²) < 4.78 is 0. The van der Waals surface area contributed by atoms with Gasteiger partial charge in [0.15, 0.2) is 0 Å². The highest BCUT2D eigenvalue weighted by Gasteiger charge is 2.21. The second-order valence-corrected chi connectivity index (χ2v) is 7.00. The number of unbranched alkanes of at least 4 members (excludes halogenated alkanes) is 2. The maximum atomic E-state index is 12.4. The van der Waals surface area contributed by atoms with Crippen LogP contribution in [-0.2, 0) is 11.2 Å². The molecule has 2 N–H and O–H groups in total. The number of hydrogen-bond donors (Lipinski definition) is 2. The fourth-order valence-electron chi connectivity index (χ4n) is 2.66. The smallest absolute Gasteiger partial charge is 0.223 e. The standard InChI is InChI=1S/C20H34N2O/c1-16(2)19(15-18-11-7-5-8-12-18)20(23)22-14-10-6-9-13-21-17(3)4/h5,7-8,11-12,16-17,19,21H,6,9-10,13-15H2,1-4H3,(H,22,23)/t19-/m0/s1. The van der Waals surface area contributed by atoms with E-state index < -0.39 is 0 Å². The first-order valence-electron chi connectivity index (χ1n) is 9.05. The van der Waals surface area contributed by atoms with E-state index in [0.717, 1.165) is 32.4 Å². The summed E-state index contributed by atoms with van der Waals surface area (Å²) in [4.78, 5) is 12.4. The summed E-state index contributed by atoms with van der Waals surface area (Å²) in [5.41, 5.74) is 1.24. The van der Waals surface area contributed by atoms with Gasteiger partial charge in [-0.3, -0.25) is 4.79 Å². The summed E-state index contributed by atoms with van der Waals surface area (Å²) in [7, 11) is 0. The van der Waals surface area contributed by atoms with Crippen molar-refractivity contribution in [3.05, 3.63) is 35.9 Å². The van der Waals surface area contributed by atoms with Crippen LogP contribution in [0.5, 0.6) is 0 Å². The van der Waals surface area contributed by atoms with Gasteiger partial charge in [0.2, 0.25) is 5.91 Å². The summed E-state index contributed by atoms with van der Waals surface area (Å²) in [5.74, 6) is 0.606. The first-order valence-corrected chi connectivity index (χ1v) is 9.05. The van der Waals surface area contributed by atoms with Gasteiger partial charge in [-0.2, -0.15) is 0 Å². The van der Waals surface area contributed by atoms with Crippen LogP contribution in [0.2, 0.25) is 0 Å². The van der Waals surface area contributed by atoms with Crippen molar-refractivity contribution in [3.8, 4) is 0 Å². The van der Waals surface area contributed by atoms with Crippen LogP contribution in [-0.4, -0.2) is 25.0 Å². The Hall–Kier alpha value is -1.35. The predicted octanol–water partition coefficient (Wildman–Crippen LogP) is 3.79. The molecular weight excluding hydrogens is 284 g/mol. The highest BCUT2D eigenvalue weighted by molar-refractivity contribution is 5.79. The van der Waals surface area contributed by atoms with Crippen LogP contribution < -0.4 is 10.6 Å². The maximum absolute atomic E-state index is 12.4. The van der Waals surface area contributed by atoms with Crippen LogP contribution in [0.1, 0.15) is 52.5 Å². The van der Waals surface area contributed by atoms with Crippen molar-refractivity contribution < 1.29 is 4.79 Å². The number of amides is 1. The third-order valence-electron chi connectivity index (χ3n) is 4.15. The van der Waals surface area contributed by atoms with Crippen LogP contribution in [0.3, 0.4) is 0 Å². The van der Waals surface area contributed by atoms with E-state index in [1.54, 1.807) is 0 Å². The summed E-state index contributed by atoms with van der Waals surface area (Å²) >= 11 is 0. The van der Waals surface area contributed by atoms with E-state index in [1.807, 2.05) is 18.2 Å². The van der Waals surface area contributed by atoms with Crippen molar-refractivity contribution in [2.75, 3.05) is 13.1 Å². The molecule has 3 nitrogen and oxygen atoms in total. The van der Waals surface area contributed by atoms with E-state index in [-0.39, 0.29) is 11.8 Å². The lowest BCUT2D eigenvalue weighted by Crippen LogP contribution is -2.35. The van der Waals surface area contributed by atoms with E-state index in [9.17, 15) is 4.79 Å². The van der Waals surface area contributed by atoms with Gasteiger partial charge in [0.25, 0.3) is 0 Å². The monoisotopic (exact) mass is 318 g/mol. The molecule has 0 bridgehead atoms. The van der Waals surface area contributed by atoms with Crippen molar-refractivity contribution in [3.63, 3.8) is 0 Å². The Kier molecular flexibility index (Phi) is 9.61. The zero-order chi connectivity index (χ0) is 17.1. The molecule has 0 fully saturated rings. The van der Waals surface area contributed by atoms with E-state index in [2.05, 4.69) is 50.5 Å². The van der Waals surface area contributed by atoms with E-state index >= 15 is 0 Å². The number of carbonyl (C=O) groups is 1. The van der Waals surface area contributed by atoms with Gasteiger partial charge in [-0.1, -0.05) is 64.4 Å². The summed E-state index contributed by atoms with van der Waals surface area (Å²) in [6.07, 6.45) is 4.21. The van der Waals surface area contributed by atoms with Gasteiger partial charge < -0.3 is 10.6 Å². The van der Waals surface area contributed by atoms with Crippen molar-refractivity contribution in [2.45, 2.75) is 59.4 Å². The van der Waals surface area contributed by atoms with E-state index in [0.29, 0.717) is 12.0 Å². The van der Waals surface area contributed by atoms with Gasteiger partial charge in [0.05, 0.1) is 0 Å². The minimum absolute atomic E-state index is 0.0556. The molecule has 0 saturated carbocycles. The molecule has 0 aliphatic rings. The lowest BCUT2D eigenvalue weighted by Gasteiger charge is -2.20. The van der Waals surface area contributed by atoms with Crippen LogP contribution in [0.15, 0.2) is 30.3 Å². The second-order valence-electron chi connectivity index (χ2n) is 7.00.